The Kier molecular flexibility index (Phi) is 6.21. The van der Waals surface area contributed by atoms with Crippen LogP contribution in [0.1, 0.15) is 0 Å². The first-order valence-electron chi connectivity index (χ1n) is 5.49. The number of aliphatic carboxylic acids is 1. The second kappa shape index (κ2) is 7.44. The van der Waals surface area contributed by atoms with E-state index in [1.165, 1.54) is 25.3 Å². The van der Waals surface area contributed by atoms with Gasteiger partial charge in [0.25, 0.3) is 0 Å². The van der Waals surface area contributed by atoms with Crippen LogP contribution in [0, 0.1) is 0 Å². The summed E-state index contributed by atoms with van der Waals surface area (Å²) in [6, 6.07) is 3.77. The monoisotopic (exact) mass is 323 g/mol. The van der Waals surface area contributed by atoms with Gasteiger partial charge in [0.2, 0.25) is 10.0 Å². The van der Waals surface area contributed by atoms with E-state index in [2.05, 4.69) is 4.72 Å². The van der Waals surface area contributed by atoms with E-state index < -0.39 is 22.6 Å². The molecule has 0 unspecified atom stereocenters. The number of rotatable bonds is 8. The molecule has 0 radical (unpaired) electrons. The van der Waals surface area contributed by atoms with Crippen molar-refractivity contribution < 1.29 is 27.8 Å². The molecule has 0 heterocycles. The minimum Gasteiger partial charge on any atom is -0.480 e. The zero-order chi connectivity index (χ0) is 15.2. The van der Waals surface area contributed by atoms with Crippen LogP contribution in [0.3, 0.4) is 0 Å². The molecule has 112 valence electrons. The standard InChI is InChI=1S/C11H14ClNO6S/c1-18-5-4-13-20(16,17)8-2-3-10(9(12)6-8)19-7-11(14)15/h2-3,6,13H,4-5,7H2,1H3,(H,14,15). The van der Waals surface area contributed by atoms with Crippen molar-refractivity contribution in [2.45, 2.75) is 4.90 Å². The summed E-state index contributed by atoms with van der Waals surface area (Å²) in [6.07, 6.45) is 0. The summed E-state index contributed by atoms with van der Waals surface area (Å²) in [5.74, 6) is -1.05. The number of carboxylic acids is 1. The van der Waals surface area contributed by atoms with Gasteiger partial charge in [-0.25, -0.2) is 17.9 Å². The summed E-state index contributed by atoms with van der Waals surface area (Å²) >= 11 is 5.85. The van der Waals surface area contributed by atoms with Crippen LogP contribution in [-0.2, 0) is 19.6 Å². The summed E-state index contributed by atoms with van der Waals surface area (Å²) in [4.78, 5) is 10.3. The molecule has 20 heavy (non-hydrogen) atoms. The highest BCUT2D eigenvalue weighted by molar-refractivity contribution is 7.89. The van der Waals surface area contributed by atoms with Gasteiger partial charge >= 0.3 is 5.97 Å². The highest BCUT2D eigenvalue weighted by Gasteiger charge is 2.15. The third-order valence-electron chi connectivity index (χ3n) is 2.16. The Bertz CT molecular complexity index is 574. The van der Waals surface area contributed by atoms with Gasteiger partial charge < -0.3 is 14.6 Å². The lowest BCUT2D eigenvalue weighted by Gasteiger charge is -2.09. The van der Waals surface area contributed by atoms with Gasteiger partial charge in [-0.05, 0) is 18.2 Å². The molecule has 0 saturated heterocycles. The molecule has 0 saturated carbocycles. The van der Waals surface area contributed by atoms with Crippen molar-refractivity contribution in [2.24, 2.45) is 0 Å². The fourth-order valence-corrected chi connectivity index (χ4v) is 2.61. The lowest BCUT2D eigenvalue weighted by Crippen LogP contribution is -2.27. The molecule has 0 aliphatic rings. The fraction of sp³-hybridized carbons (Fsp3) is 0.364. The van der Waals surface area contributed by atoms with Crippen LogP contribution in [0.5, 0.6) is 5.75 Å². The van der Waals surface area contributed by atoms with E-state index in [1.54, 1.807) is 0 Å². The molecule has 0 aliphatic carbocycles. The van der Waals surface area contributed by atoms with Gasteiger partial charge in [-0.1, -0.05) is 11.6 Å². The third kappa shape index (κ3) is 4.97. The predicted molar refractivity (Wildman–Crippen MR) is 71.6 cm³/mol. The Hall–Kier alpha value is -1.35. The second-order valence-electron chi connectivity index (χ2n) is 3.67. The summed E-state index contributed by atoms with van der Waals surface area (Å²) in [5, 5.41) is 8.50. The molecular weight excluding hydrogens is 310 g/mol. The number of sulfonamides is 1. The maximum absolute atomic E-state index is 11.9. The lowest BCUT2D eigenvalue weighted by molar-refractivity contribution is -0.139. The zero-order valence-electron chi connectivity index (χ0n) is 10.6. The molecule has 9 heteroatoms. The number of ether oxygens (including phenoxy) is 2. The maximum atomic E-state index is 11.9. The molecule has 0 bridgehead atoms. The van der Waals surface area contributed by atoms with Crippen LogP contribution in [0.2, 0.25) is 5.02 Å². The SMILES string of the molecule is COCCNS(=O)(=O)c1ccc(OCC(=O)O)c(Cl)c1. The molecule has 7 nitrogen and oxygen atoms in total. The average Bonchev–Trinajstić information content (AvgIpc) is 2.37. The Morgan fingerprint density at radius 2 is 2.15 bits per heavy atom. The van der Waals surface area contributed by atoms with Crippen molar-refractivity contribution in [3.63, 3.8) is 0 Å². The third-order valence-corrected chi connectivity index (χ3v) is 3.92. The van der Waals surface area contributed by atoms with Gasteiger partial charge in [0.15, 0.2) is 6.61 Å². The number of carbonyl (C=O) groups is 1. The highest BCUT2D eigenvalue weighted by Crippen LogP contribution is 2.27. The maximum Gasteiger partial charge on any atom is 0.341 e. The predicted octanol–water partition coefficient (Wildman–Crippen LogP) is 0.728. The average molecular weight is 324 g/mol. The molecule has 2 N–H and O–H groups in total. The van der Waals surface area contributed by atoms with E-state index in [9.17, 15) is 13.2 Å². The van der Waals surface area contributed by atoms with E-state index in [-0.39, 0.29) is 28.8 Å². The van der Waals surface area contributed by atoms with Gasteiger partial charge in [0.05, 0.1) is 16.5 Å². The van der Waals surface area contributed by atoms with Crippen molar-refractivity contribution in [1.29, 1.82) is 0 Å². The summed E-state index contributed by atoms with van der Waals surface area (Å²) in [7, 11) is -2.23. The number of hydrogen-bond acceptors (Lipinski definition) is 5. The van der Waals surface area contributed by atoms with Crippen LogP contribution >= 0.6 is 11.6 Å². The summed E-state index contributed by atoms with van der Waals surface area (Å²) in [5.41, 5.74) is 0. The van der Waals surface area contributed by atoms with E-state index in [1.807, 2.05) is 0 Å². The molecule has 0 spiro atoms. The highest BCUT2D eigenvalue weighted by atomic mass is 35.5. The second-order valence-corrected chi connectivity index (χ2v) is 5.84. The van der Waals surface area contributed by atoms with E-state index in [0.717, 1.165) is 0 Å². The lowest BCUT2D eigenvalue weighted by atomic mass is 10.3. The molecule has 0 atom stereocenters. The minimum absolute atomic E-state index is 0.0147. The number of benzene rings is 1. The number of hydrogen-bond donors (Lipinski definition) is 2. The molecule has 0 aliphatic heterocycles. The molecule has 0 aromatic heterocycles. The minimum atomic E-state index is -3.69. The summed E-state index contributed by atoms with van der Waals surface area (Å²) < 4.78 is 35.7. The van der Waals surface area contributed by atoms with Crippen LogP contribution in [0.4, 0.5) is 0 Å². The number of methoxy groups -OCH3 is 1. The Morgan fingerprint density at radius 3 is 2.70 bits per heavy atom. The number of halogens is 1. The molecule has 0 fully saturated rings. The summed E-state index contributed by atoms with van der Waals surface area (Å²) in [6.45, 7) is -0.182. The molecular formula is C11H14ClNO6S. The molecule has 1 aromatic rings. The first-order valence-corrected chi connectivity index (χ1v) is 7.35. The normalized spacial score (nSPS) is 11.3. The van der Waals surface area contributed by atoms with Crippen molar-refractivity contribution in [3.8, 4) is 5.75 Å². The topological polar surface area (TPSA) is 102 Å². The van der Waals surface area contributed by atoms with Crippen LogP contribution < -0.4 is 9.46 Å². The zero-order valence-corrected chi connectivity index (χ0v) is 12.2. The van der Waals surface area contributed by atoms with Gasteiger partial charge in [-0.15, -0.1) is 0 Å². The molecule has 1 aromatic carbocycles. The Morgan fingerprint density at radius 1 is 1.45 bits per heavy atom. The van der Waals surface area contributed by atoms with Gasteiger partial charge in [-0.3, -0.25) is 0 Å². The van der Waals surface area contributed by atoms with E-state index >= 15 is 0 Å². The van der Waals surface area contributed by atoms with E-state index in [0.29, 0.717) is 0 Å². The van der Waals surface area contributed by atoms with E-state index in [4.69, 9.17) is 26.2 Å². The molecule has 0 amide bonds. The number of nitrogens with one attached hydrogen (secondary N) is 1. The van der Waals surface area contributed by atoms with Gasteiger partial charge in [0, 0.05) is 13.7 Å². The van der Waals surface area contributed by atoms with Crippen molar-refractivity contribution in [1.82, 2.24) is 4.72 Å². The van der Waals surface area contributed by atoms with Gasteiger partial charge in [-0.2, -0.15) is 0 Å². The Labute approximate surface area is 121 Å². The smallest absolute Gasteiger partial charge is 0.341 e. The molecule has 1 rings (SSSR count). The van der Waals surface area contributed by atoms with Gasteiger partial charge in [0.1, 0.15) is 5.75 Å². The fourth-order valence-electron chi connectivity index (χ4n) is 1.27. The first kappa shape index (κ1) is 16.7. The quantitative estimate of drug-likeness (QED) is 0.684. The van der Waals surface area contributed by atoms with Crippen molar-refractivity contribution in [2.75, 3.05) is 26.9 Å². The first-order chi connectivity index (χ1) is 9.36. The van der Waals surface area contributed by atoms with Crippen molar-refractivity contribution in [3.05, 3.63) is 23.2 Å². The van der Waals surface area contributed by atoms with Crippen LogP contribution in [-0.4, -0.2) is 46.4 Å². The van der Waals surface area contributed by atoms with Crippen LogP contribution in [0.15, 0.2) is 23.1 Å². The number of carboxylic acid groups (broad SMARTS) is 1. The largest absolute Gasteiger partial charge is 0.480 e. The van der Waals surface area contributed by atoms with Crippen molar-refractivity contribution >= 4 is 27.6 Å². The van der Waals surface area contributed by atoms with Crippen LogP contribution in [0.25, 0.3) is 0 Å². The Balaban J connectivity index is 2.83.